The molecule has 3 nitrogen and oxygen atoms in total. The Hall–Kier alpha value is -1.74. The van der Waals surface area contributed by atoms with Crippen molar-refractivity contribution in [2.75, 3.05) is 14.2 Å². The number of methoxy groups -OCH3 is 2. The zero-order valence-electron chi connectivity index (χ0n) is 10.6. The molecule has 1 saturated carbocycles. The molecule has 2 aromatic carbocycles. The quantitative estimate of drug-likeness (QED) is 0.902. The molecule has 3 heteroatoms. The van der Waals surface area contributed by atoms with Crippen LogP contribution in [0.2, 0.25) is 0 Å². The van der Waals surface area contributed by atoms with Crippen LogP contribution < -0.4 is 9.47 Å². The van der Waals surface area contributed by atoms with Gasteiger partial charge in [-0.1, -0.05) is 12.1 Å². The lowest BCUT2D eigenvalue weighted by molar-refractivity contribution is 0.149. The first-order chi connectivity index (χ1) is 8.68. The fourth-order valence-electron chi connectivity index (χ4n) is 2.42. The van der Waals surface area contributed by atoms with Gasteiger partial charge in [0, 0.05) is 5.56 Å². The predicted molar refractivity (Wildman–Crippen MR) is 70.2 cm³/mol. The van der Waals surface area contributed by atoms with Crippen LogP contribution in [0, 0.1) is 0 Å². The first-order valence-corrected chi connectivity index (χ1v) is 6.05. The number of rotatable bonds is 3. The van der Waals surface area contributed by atoms with Gasteiger partial charge in [0.25, 0.3) is 0 Å². The van der Waals surface area contributed by atoms with Crippen LogP contribution in [0.15, 0.2) is 30.3 Å². The van der Waals surface area contributed by atoms with Gasteiger partial charge in [-0.05, 0) is 41.8 Å². The number of aliphatic hydroxyl groups is 1. The summed E-state index contributed by atoms with van der Waals surface area (Å²) in [5.41, 5.74) is 0.165. The molecule has 0 radical (unpaired) electrons. The monoisotopic (exact) mass is 244 g/mol. The largest absolute Gasteiger partial charge is 0.497 e. The summed E-state index contributed by atoms with van der Waals surface area (Å²) >= 11 is 0. The average molecular weight is 244 g/mol. The van der Waals surface area contributed by atoms with Crippen molar-refractivity contribution in [2.24, 2.45) is 0 Å². The molecule has 0 unspecified atom stereocenters. The van der Waals surface area contributed by atoms with Gasteiger partial charge >= 0.3 is 0 Å². The van der Waals surface area contributed by atoms with Crippen molar-refractivity contribution in [3.63, 3.8) is 0 Å². The molecule has 0 amide bonds. The topological polar surface area (TPSA) is 38.7 Å². The lowest BCUT2D eigenvalue weighted by Crippen LogP contribution is -2.07. The normalized spacial score (nSPS) is 16.6. The molecule has 0 aromatic heterocycles. The predicted octanol–water partition coefficient (Wildman–Crippen LogP) is 2.84. The molecule has 18 heavy (non-hydrogen) atoms. The zero-order chi connectivity index (χ0) is 12.8. The van der Waals surface area contributed by atoms with Crippen LogP contribution in [0.5, 0.6) is 11.5 Å². The van der Waals surface area contributed by atoms with Crippen molar-refractivity contribution >= 4 is 10.8 Å². The molecule has 94 valence electrons. The SMILES string of the molecule is COc1ccc2ccc(OC)c(C3(O)CC3)c2c1. The summed E-state index contributed by atoms with van der Waals surface area (Å²) in [7, 11) is 3.28. The highest BCUT2D eigenvalue weighted by Crippen LogP contribution is 2.51. The maximum Gasteiger partial charge on any atom is 0.125 e. The lowest BCUT2D eigenvalue weighted by Gasteiger charge is -2.17. The van der Waals surface area contributed by atoms with E-state index in [1.165, 1.54) is 0 Å². The Morgan fingerprint density at radius 2 is 1.78 bits per heavy atom. The maximum atomic E-state index is 10.5. The van der Waals surface area contributed by atoms with Crippen LogP contribution in [-0.4, -0.2) is 19.3 Å². The van der Waals surface area contributed by atoms with E-state index in [1.807, 2.05) is 30.3 Å². The van der Waals surface area contributed by atoms with Gasteiger partial charge in [-0.3, -0.25) is 0 Å². The van der Waals surface area contributed by atoms with Gasteiger partial charge in [0.1, 0.15) is 11.5 Å². The second kappa shape index (κ2) is 3.89. The molecule has 0 bridgehead atoms. The summed E-state index contributed by atoms with van der Waals surface area (Å²) in [6.07, 6.45) is 1.58. The molecule has 0 heterocycles. The first kappa shape index (κ1) is 11.4. The molecule has 0 atom stereocenters. The summed E-state index contributed by atoms with van der Waals surface area (Å²) in [5, 5.41) is 12.6. The van der Waals surface area contributed by atoms with Gasteiger partial charge in [-0.2, -0.15) is 0 Å². The van der Waals surface area contributed by atoms with E-state index in [9.17, 15) is 5.11 Å². The minimum Gasteiger partial charge on any atom is -0.497 e. The average Bonchev–Trinajstić information content (AvgIpc) is 3.15. The third kappa shape index (κ3) is 1.63. The van der Waals surface area contributed by atoms with Crippen molar-refractivity contribution in [1.29, 1.82) is 0 Å². The summed E-state index contributed by atoms with van der Waals surface area (Å²) in [4.78, 5) is 0. The zero-order valence-corrected chi connectivity index (χ0v) is 10.6. The van der Waals surface area contributed by atoms with E-state index in [0.717, 1.165) is 40.7 Å². The Kier molecular flexibility index (Phi) is 2.45. The molecule has 0 spiro atoms. The highest BCUT2D eigenvalue weighted by molar-refractivity contribution is 5.90. The lowest BCUT2D eigenvalue weighted by atomic mass is 9.97. The van der Waals surface area contributed by atoms with E-state index in [4.69, 9.17) is 9.47 Å². The molecule has 3 rings (SSSR count). The molecule has 2 aromatic rings. The number of ether oxygens (including phenoxy) is 2. The Morgan fingerprint density at radius 3 is 2.39 bits per heavy atom. The maximum absolute atomic E-state index is 10.5. The molecule has 1 N–H and O–H groups in total. The smallest absolute Gasteiger partial charge is 0.125 e. The molecule has 0 saturated heterocycles. The standard InChI is InChI=1S/C15H16O3/c1-17-11-5-3-10-4-6-13(18-2)14(12(10)9-11)15(16)7-8-15/h3-6,9,16H,7-8H2,1-2H3. The minimum absolute atomic E-state index is 0.725. The van der Waals surface area contributed by atoms with Crippen molar-refractivity contribution in [3.8, 4) is 11.5 Å². The summed E-state index contributed by atoms with van der Waals surface area (Å²) in [6, 6.07) is 9.81. The second-order valence-electron chi connectivity index (χ2n) is 4.76. The van der Waals surface area contributed by atoms with Gasteiger partial charge in [-0.25, -0.2) is 0 Å². The molecule has 0 aliphatic heterocycles. The molecule has 1 fully saturated rings. The molecule has 1 aliphatic rings. The fourth-order valence-corrected chi connectivity index (χ4v) is 2.42. The van der Waals surface area contributed by atoms with Crippen molar-refractivity contribution < 1.29 is 14.6 Å². The Morgan fingerprint density at radius 1 is 1.06 bits per heavy atom. The van der Waals surface area contributed by atoms with E-state index in [0.29, 0.717) is 0 Å². The third-order valence-electron chi connectivity index (χ3n) is 3.60. The van der Waals surface area contributed by atoms with Crippen LogP contribution in [0.1, 0.15) is 18.4 Å². The number of benzene rings is 2. The Bertz CT molecular complexity index is 595. The van der Waals surface area contributed by atoms with Crippen LogP contribution >= 0.6 is 0 Å². The molecular weight excluding hydrogens is 228 g/mol. The van der Waals surface area contributed by atoms with E-state index >= 15 is 0 Å². The van der Waals surface area contributed by atoms with E-state index in [1.54, 1.807) is 14.2 Å². The fraction of sp³-hybridized carbons (Fsp3) is 0.333. The molecular formula is C15H16O3. The van der Waals surface area contributed by atoms with E-state index in [2.05, 4.69) is 0 Å². The van der Waals surface area contributed by atoms with Crippen LogP contribution in [0.3, 0.4) is 0 Å². The van der Waals surface area contributed by atoms with Gasteiger partial charge in [0.15, 0.2) is 0 Å². The number of hydrogen-bond donors (Lipinski definition) is 1. The summed E-state index contributed by atoms with van der Waals surface area (Å²) in [5.74, 6) is 1.54. The summed E-state index contributed by atoms with van der Waals surface area (Å²) < 4.78 is 10.7. The third-order valence-corrected chi connectivity index (χ3v) is 3.60. The molecule has 1 aliphatic carbocycles. The highest BCUT2D eigenvalue weighted by atomic mass is 16.5. The first-order valence-electron chi connectivity index (χ1n) is 6.05. The Labute approximate surface area is 106 Å². The van der Waals surface area contributed by atoms with Gasteiger partial charge in [0.05, 0.1) is 19.8 Å². The van der Waals surface area contributed by atoms with Crippen LogP contribution in [-0.2, 0) is 5.60 Å². The van der Waals surface area contributed by atoms with Crippen molar-refractivity contribution in [3.05, 3.63) is 35.9 Å². The van der Waals surface area contributed by atoms with Gasteiger partial charge < -0.3 is 14.6 Å². The highest BCUT2D eigenvalue weighted by Gasteiger charge is 2.45. The van der Waals surface area contributed by atoms with Crippen molar-refractivity contribution in [1.82, 2.24) is 0 Å². The van der Waals surface area contributed by atoms with Crippen LogP contribution in [0.4, 0.5) is 0 Å². The van der Waals surface area contributed by atoms with Crippen LogP contribution in [0.25, 0.3) is 10.8 Å². The summed E-state index contributed by atoms with van der Waals surface area (Å²) in [6.45, 7) is 0. The van der Waals surface area contributed by atoms with Crippen molar-refractivity contribution in [2.45, 2.75) is 18.4 Å². The van der Waals surface area contributed by atoms with E-state index < -0.39 is 5.60 Å². The van der Waals surface area contributed by atoms with E-state index in [-0.39, 0.29) is 0 Å². The minimum atomic E-state index is -0.725. The number of fused-ring (bicyclic) bond motifs is 1. The van der Waals surface area contributed by atoms with Gasteiger partial charge in [0.2, 0.25) is 0 Å². The van der Waals surface area contributed by atoms with Gasteiger partial charge in [-0.15, -0.1) is 0 Å². The second-order valence-corrected chi connectivity index (χ2v) is 4.76. The number of hydrogen-bond acceptors (Lipinski definition) is 3. The Balaban J connectivity index is 2.32.